The lowest BCUT2D eigenvalue weighted by molar-refractivity contribution is 0.326. The van der Waals surface area contributed by atoms with Crippen molar-refractivity contribution in [1.82, 2.24) is 4.90 Å². The van der Waals surface area contributed by atoms with Crippen molar-refractivity contribution in [2.45, 2.75) is 13.0 Å². The second-order valence-electron chi connectivity index (χ2n) is 3.86. The third-order valence-corrected chi connectivity index (χ3v) is 3.04. The van der Waals surface area contributed by atoms with Gasteiger partial charge in [0.2, 0.25) is 0 Å². The normalized spacial score (nSPS) is 11.9. The molecule has 0 saturated carbocycles. The van der Waals surface area contributed by atoms with E-state index in [1.54, 1.807) is 0 Å². The molecule has 0 aliphatic rings. The monoisotopic (exact) mass is 243 g/mol. The highest BCUT2D eigenvalue weighted by Gasteiger charge is 2.05. The molecule has 1 aromatic carbocycles. The third-order valence-electron chi connectivity index (χ3n) is 2.24. The van der Waals surface area contributed by atoms with Gasteiger partial charge in [0, 0.05) is 6.54 Å². The summed E-state index contributed by atoms with van der Waals surface area (Å²) in [6, 6.07) is 9.96. The molecule has 0 aliphatic carbocycles. The van der Waals surface area contributed by atoms with E-state index in [0.29, 0.717) is 13.0 Å². The standard InChI is InChI=1S/C11H17NO3S/c1-12(8-5-9-16(13,14)15)10-11-6-3-2-4-7-11/h2-4,6-7H,5,8-10H2,1H3,(H,13,14,15). The van der Waals surface area contributed by atoms with Crippen molar-refractivity contribution in [1.29, 1.82) is 0 Å². The van der Waals surface area contributed by atoms with Gasteiger partial charge < -0.3 is 4.90 Å². The topological polar surface area (TPSA) is 57.6 Å². The SMILES string of the molecule is CN(CCCS(=O)(=O)O)Cc1ccccc1. The minimum absolute atomic E-state index is 0.174. The van der Waals surface area contributed by atoms with Gasteiger partial charge in [-0.1, -0.05) is 30.3 Å². The molecule has 0 bridgehead atoms. The van der Waals surface area contributed by atoms with Crippen molar-refractivity contribution in [3.8, 4) is 0 Å². The lowest BCUT2D eigenvalue weighted by Crippen LogP contribution is -2.21. The number of benzene rings is 1. The van der Waals surface area contributed by atoms with Gasteiger partial charge >= 0.3 is 0 Å². The summed E-state index contributed by atoms with van der Waals surface area (Å²) in [5, 5.41) is 0. The number of rotatable bonds is 6. The Morgan fingerprint density at radius 1 is 1.25 bits per heavy atom. The van der Waals surface area contributed by atoms with Crippen LogP contribution in [0.2, 0.25) is 0 Å². The summed E-state index contributed by atoms with van der Waals surface area (Å²) in [6.07, 6.45) is 0.447. The van der Waals surface area contributed by atoms with Crippen LogP contribution in [-0.4, -0.2) is 37.2 Å². The first-order chi connectivity index (χ1) is 7.47. The fraction of sp³-hybridized carbons (Fsp3) is 0.455. The van der Waals surface area contributed by atoms with Gasteiger partial charge in [-0.05, 0) is 25.6 Å². The van der Waals surface area contributed by atoms with E-state index < -0.39 is 10.1 Å². The van der Waals surface area contributed by atoms with Crippen LogP contribution in [-0.2, 0) is 16.7 Å². The molecule has 0 fully saturated rings. The molecule has 0 radical (unpaired) electrons. The molecule has 0 amide bonds. The minimum Gasteiger partial charge on any atom is -0.302 e. The van der Waals surface area contributed by atoms with Crippen LogP contribution in [0, 0.1) is 0 Å². The predicted octanol–water partition coefficient (Wildman–Crippen LogP) is 1.40. The third kappa shape index (κ3) is 5.85. The summed E-state index contributed by atoms with van der Waals surface area (Å²) in [4.78, 5) is 2.03. The van der Waals surface area contributed by atoms with E-state index in [1.807, 2.05) is 42.3 Å². The molecule has 1 aromatic rings. The van der Waals surface area contributed by atoms with Gasteiger partial charge in [-0.2, -0.15) is 8.42 Å². The van der Waals surface area contributed by atoms with E-state index in [4.69, 9.17) is 4.55 Å². The van der Waals surface area contributed by atoms with Crippen LogP contribution < -0.4 is 0 Å². The van der Waals surface area contributed by atoms with Crippen LogP contribution >= 0.6 is 0 Å². The van der Waals surface area contributed by atoms with E-state index in [2.05, 4.69) is 0 Å². The zero-order valence-electron chi connectivity index (χ0n) is 9.33. The Bertz CT molecular complexity index is 402. The molecule has 0 aromatic heterocycles. The maximum Gasteiger partial charge on any atom is 0.264 e. The van der Waals surface area contributed by atoms with Gasteiger partial charge in [0.25, 0.3) is 10.1 Å². The Hall–Kier alpha value is -0.910. The number of nitrogens with zero attached hydrogens (tertiary/aromatic N) is 1. The molecule has 16 heavy (non-hydrogen) atoms. The maximum absolute atomic E-state index is 10.5. The Morgan fingerprint density at radius 2 is 1.88 bits per heavy atom. The van der Waals surface area contributed by atoms with Crippen molar-refractivity contribution in [2.24, 2.45) is 0 Å². The van der Waals surface area contributed by atoms with Gasteiger partial charge in [-0.3, -0.25) is 4.55 Å². The van der Waals surface area contributed by atoms with Crippen LogP contribution in [0.25, 0.3) is 0 Å². The Balaban J connectivity index is 2.29. The van der Waals surface area contributed by atoms with E-state index >= 15 is 0 Å². The summed E-state index contributed by atoms with van der Waals surface area (Å²) in [5.74, 6) is -0.174. The molecular weight excluding hydrogens is 226 g/mol. The Morgan fingerprint density at radius 3 is 2.44 bits per heavy atom. The summed E-state index contributed by atoms with van der Waals surface area (Å²) in [5.41, 5.74) is 1.19. The van der Waals surface area contributed by atoms with Crippen molar-refractivity contribution >= 4 is 10.1 Å². The van der Waals surface area contributed by atoms with Crippen LogP contribution in [0.5, 0.6) is 0 Å². The predicted molar refractivity (Wildman–Crippen MR) is 63.8 cm³/mol. The quantitative estimate of drug-likeness (QED) is 0.767. The zero-order chi connectivity index (χ0) is 12.0. The molecule has 0 aliphatic heterocycles. The van der Waals surface area contributed by atoms with Gasteiger partial charge in [0.1, 0.15) is 0 Å². The molecule has 90 valence electrons. The molecule has 0 atom stereocenters. The molecular formula is C11H17NO3S. The lowest BCUT2D eigenvalue weighted by Gasteiger charge is -2.15. The first-order valence-electron chi connectivity index (χ1n) is 5.15. The first kappa shape index (κ1) is 13.2. The molecule has 1 rings (SSSR count). The van der Waals surface area contributed by atoms with Crippen molar-refractivity contribution < 1.29 is 13.0 Å². The van der Waals surface area contributed by atoms with Gasteiger partial charge in [0.05, 0.1) is 5.75 Å². The van der Waals surface area contributed by atoms with Gasteiger partial charge in [0.15, 0.2) is 0 Å². The van der Waals surface area contributed by atoms with Crippen LogP contribution in [0.1, 0.15) is 12.0 Å². The largest absolute Gasteiger partial charge is 0.302 e. The van der Waals surface area contributed by atoms with Crippen molar-refractivity contribution in [3.05, 3.63) is 35.9 Å². The Labute approximate surface area is 96.6 Å². The van der Waals surface area contributed by atoms with Crippen molar-refractivity contribution in [3.63, 3.8) is 0 Å². The molecule has 0 spiro atoms. The average Bonchev–Trinajstić information content (AvgIpc) is 2.17. The van der Waals surface area contributed by atoms with E-state index in [0.717, 1.165) is 6.54 Å². The molecule has 5 heteroatoms. The summed E-state index contributed by atoms with van der Waals surface area (Å²) < 4.78 is 29.6. The first-order valence-corrected chi connectivity index (χ1v) is 6.76. The van der Waals surface area contributed by atoms with Crippen LogP contribution in [0.15, 0.2) is 30.3 Å². The highest BCUT2D eigenvalue weighted by Crippen LogP contribution is 2.03. The fourth-order valence-corrected chi connectivity index (χ4v) is 1.98. The number of hydrogen-bond acceptors (Lipinski definition) is 3. The van der Waals surface area contributed by atoms with E-state index in [9.17, 15) is 8.42 Å². The molecule has 4 nitrogen and oxygen atoms in total. The zero-order valence-corrected chi connectivity index (χ0v) is 10.2. The van der Waals surface area contributed by atoms with Gasteiger partial charge in [-0.15, -0.1) is 0 Å². The van der Waals surface area contributed by atoms with Gasteiger partial charge in [-0.25, -0.2) is 0 Å². The molecule has 0 saturated heterocycles. The highest BCUT2D eigenvalue weighted by molar-refractivity contribution is 7.85. The van der Waals surface area contributed by atoms with E-state index in [1.165, 1.54) is 5.56 Å². The smallest absolute Gasteiger partial charge is 0.264 e. The van der Waals surface area contributed by atoms with Crippen LogP contribution in [0.3, 0.4) is 0 Å². The van der Waals surface area contributed by atoms with Crippen molar-refractivity contribution in [2.75, 3.05) is 19.3 Å². The fourth-order valence-electron chi connectivity index (χ4n) is 1.49. The second kappa shape index (κ2) is 5.98. The summed E-state index contributed by atoms with van der Waals surface area (Å²) in [7, 11) is -1.89. The minimum atomic E-state index is -3.82. The summed E-state index contributed by atoms with van der Waals surface area (Å²) in [6.45, 7) is 1.43. The highest BCUT2D eigenvalue weighted by atomic mass is 32.2. The van der Waals surface area contributed by atoms with E-state index in [-0.39, 0.29) is 5.75 Å². The lowest BCUT2D eigenvalue weighted by atomic mass is 10.2. The molecule has 0 heterocycles. The Kier molecular flexibility index (Phi) is 4.92. The number of hydrogen-bond donors (Lipinski definition) is 1. The molecule has 1 N–H and O–H groups in total. The van der Waals surface area contributed by atoms with Crippen LogP contribution in [0.4, 0.5) is 0 Å². The maximum atomic E-state index is 10.5. The molecule has 0 unspecified atom stereocenters. The second-order valence-corrected chi connectivity index (χ2v) is 5.44. The average molecular weight is 243 g/mol. The summed E-state index contributed by atoms with van der Waals surface area (Å²) >= 11 is 0.